The number of aromatic nitrogens is 1. The van der Waals surface area contributed by atoms with Gasteiger partial charge in [-0.25, -0.2) is 13.8 Å². The molecule has 0 saturated heterocycles. The minimum Gasteiger partial charge on any atom is -0.443 e. The molecule has 0 radical (unpaired) electrons. The molecule has 4 rings (SSSR count). The SMILES string of the molecule is Cc1ncc(C(=O)N2N=C(c3cc(F)ccc3F)OC2(CCCN)c2ccccc2)s1. The predicted octanol–water partition coefficient (Wildman–Crippen LogP) is 4.16. The van der Waals surface area contributed by atoms with Crippen LogP contribution < -0.4 is 5.73 Å². The Balaban J connectivity index is 1.87. The number of carbonyl (C=O) groups is 1. The summed E-state index contributed by atoms with van der Waals surface area (Å²) in [6.07, 6.45) is 2.28. The molecule has 2 N–H and O–H groups in total. The summed E-state index contributed by atoms with van der Waals surface area (Å²) >= 11 is 1.22. The zero-order valence-corrected chi connectivity index (χ0v) is 17.5. The molecule has 1 unspecified atom stereocenters. The van der Waals surface area contributed by atoms with Gasteiger partial charge in [0.1, 0.15) is 16.5 Å². The van der Waals surface area contributed by atoms with E-state index in [1.807, 2.05) is 18.2 Å². The number of nitrogens with zero attached hydrogens (tertiary/aromatic N) is 3. The van der Waals surface area contributed by atoms with Crippen LogP contribution in [0.3, 0.4) is 0 Å². The monoisotopic (exact) mass is 442 g/mol. The standard InChI is InChI=1S/C22H20F2N4O2S/c1-14-26-13-19(31-14)21(29)28-22(10-5-11-25,15-6-3-2-4-7-15)30-20(27-28)17-12-16(23)8-9-18(17)24/h2-4,6-9,12-13H,5,10-11,25H2,1H3. The highest BCUT2D eigenvalue weighted by Gasteiger charge is 2.50. The van der Waals surface area contributed by atoms with Gasteiger partial charge in [-0.1, -0.05) is 30.3 Å². The molecule has 0 bridgehead atoms. The van der Waals surface area contributed by atoms with E-state index in [1.54, 1.807) is 19.1 Å². The largest absolute Gasteiger partial charge is 0.443 e. The van der Waals surface area contributed by atoms with Gasteiger partial charge < -0.3 is 10.5 Å². The average Bonchev–Trinajstić information content (AvgIpc) is 3.39. The van der Waals surface area contributed by atoms with Crippen molar-refractivity contribution < 1.29 is 18.3 Å². The summed E-state index contributed by atoms with van der Waals surface area (Å²) in [6, 6.07) is 12.1. The maximum absolute atomic E-state index is 14.5. The fraction of sp³-hybridized carbons (Fsp3) is 0.227. The molecule has 2 heterocycles. The summed E-state index contributed by atoms with van der Waals surface area (Å²) in [5.41, 5.74) is 4.88. The molecule has 31 heavy (non-hydrogen) atoms. The topological polar surface area (TPSA) is 80.8 Å². The third-order valence-corrected chi connectivity index (χ3v) is 5.83. The second kappa shape index (κ2) is 8.52. The van der Waals surface area contributed by atoms with Crippen LogP contribution in [-0.4, -0.2) is 28.3 Å². The van der Waals surface area contributed by atoms with Crippen molar-refractivity contribution in [2.24, 2.45) is 10.8 Å². The van der Waals surface area contributed by atoms with Crippen LogP contribution >= 0.6 is 11.3 Å². The van der Waals surface area contributed by atoms with Gasteiger partial charge in [0.25, 0.3) is 5.91 Å². The molecule has 3 aromatic rings. The van der Waals surface area contributed by atoms with Gasteiger partial charge in [0, 0.05) is 12.0 Å². The van der Waals surface area contributed by atoms with Gasteiger partial charge in [-0.05, 0) is 38.1 Å². The number of hydrazone groups is 1. The van der Waals surface area contributed by atoms with Crippen LogP contribution in [0.2, 0.25) is 0 Å². The van der Waals surface area contributed by atoms with E-state index in [0.717, 1.165) is 23.2 Å². The normalized spacial score (nSPS) is 18.1. The fourth-order valence-electron chi connectivity index (χ4n) is 3.46. The molecule has 0 fully saturated rings. The number of aryl methyl sites for hydroxylation is 1. The number of rotatable bonds is 6. The number of carbonyl (C=O) groups excluding carboxylic acids is 1. The van der Waals surface area contributed by atoms with Crippen LogP contribution in [0.25, 0.3) is 0 Å². The first-order valence-electron chi connectivity index (χ1n) is 9.70. The third-order valence-electron chi connectivity index (χ3n) is 4.93. The molecule has 1 aliphatic rings. The minimum absolute atomic E-state index is 0.163. The predicted molar refractivity (Wildman–Crippen MR) is 113 cm³/mol. The maximum atomic E-state index is 14.5. The average molecular weight is 442 g/mol. The summed E-state index contributed by atoms with van der Waals surface area (Å²) < 4.78 is 34.6. The molecule has 1 amide bonds. The van der Waals surface area contributed by atoms with E-state index < -0.39 is 23.3 Å². The molecule has 160 valence electrons. The highest BCUT2D eigenvalue weighted by molar-refractivity contribution is 7.13. The van der Waals surface area contributed by atoms with Crippen LogP contribution in [0.15, 0.2) is 59.8 Å². The highest BCUT2D eigenvalue weighted by atomic mass is 32.1. The van der Waals surface area contributed by atoms with Crippen molar-refractivity contribution in [1.82, 2.24) is 9.99 Å². The molecule has 6 nitrogen and oxygen atoms in total. The van der Waals surface area contributed by atoms with Crippen molar-refractivity contribution in [1.29, 1.82) is 0 Å². The van der Waals surface area contributed by atoms with Crippen LogP contribution in [0.5, 0.6) is 0 Å². The van der Waals surface area contributed by atoms with Gasteiger partial charge in [-0.2, -0.15) is 5.01 Å². The molecule has 1 atom stereocenters. The molecule has 1 aliphatic heterocycles. The Morgan fingerprint density at radius 3 is 2.68 bits per heavy atom. The van der Waals surface area contributed by atoms with Crippen LogP contribution in [0.4, 0.5) is 8.78 Å². The van der Waals surface area contributed by atoms with Crippen molar-refractivity contribution >= 4 is 23.1 Å². The lowest BCUT2D eigenvalue weighted by Gasteiger charge is -2.35. The molecular weight excluding hydrogens is 422 g/mol. The lowest BCUT2D eigenvalue weighted by Crippen LogP contribution is -2.45. The molecule has 2 aromatic carbocycles. The zero-order valence-electron chi connectivity index (χ0n) is 16.7. The number of thiazole rings is 1. The summed E-state index contributed by atoms with van der Waals surface area (Å²) in [6.45, 7) is 2.14. The van der Waals surface area contributed by atoms with E-state index in [0.29, 0.717) is 29.8 Å². The summed E-state index contributed by atoms with van der Waals surface area (Å²) in [7, 11) is 0. The van der Waals surface area contributed by atoms with Crippen molar-refractivity contribution in [2.75, 3.05) is 6.54 Å². The molecule has 9 heteroatoms. The highest BCUT2D eigenvalue weighted by Crippen LogP contribution is 2.42. The first-order chi connectivity index (χ1) is 14.9. The zero-order chi connectivity index (χ0) is 22.0. The van der Waals surface area contributed by atoms with E-state index >= 15 is 0 Å². The van der Waals surface area contributed by atoms with E-state index in [1.165, 1.54) is 22.5 Å². The first kappa shape index (κ1) is 21.1. The Morgan fingerprint density at radius 1 is 1.23 bits per heavy atom. The lowest BCUT2D eigenvalue weighted by molar-refractivity contribution is -0.0592. The number of hydrogen-bond acceptors (Lipinski definition) is 6. The van der Waals surface area contributed by atoms with Crippen LogP contribution in [0, 0.1) is 18.6 Å². The van der Waals surface area contributed by atoms with Gasteiger partial charge in [0.05, 0.1) is 16.8 Å². The Kier molecular flexibility index (Phi) is 5.79. The summed E-state index contributed by atoms with van der Waals surface area (Å²) in [5, 5.41) is 6.26. The molecule has 0 saturated carbocycles. The second-order valence-electron chi connectivity index (χ2n) is 7.03. The minimum atomic E-state index is -1.36. The number of amides is 1. The van der Waals surface area contributed by atoms with Crippen molar-refractivity contribution in [3.63, 3.8) is 0 Å². The van der Waals surface area contributed by atoms with E-state index in [4.69, 9.17) is 10.5 Å². The van der Waals surface area contributed by atoms with E-state index in [2.05, 4.69) is 10.1 Å². The Bertz CT molecular complexity index is 1140. The Hall–Kier alpha value is -3.17. The fourth-order valence-corrected chi connectivity index (χ4v) is 4.17. The van der Waals surface area contributed by atoms with Gasteiger partial charge in [0.15, 0.2) is 0 Å². The number of hydrogen-bond donors (Lipinski definition) is 1. The number of halogens is 2. The van der Waals surface area contributed by atoms with Gasteiger partial charge in [-0.15, -0.1) is 16.4 Å². The number of nitrogens with two attached hydrogens (primary N) is 1. The lowest BCUT2D eigenvalue weighted by atomic mass is 9.96. The van der Waals surface area contributed by atoms with Crippen molar-refractivity contribution in [3.05, 3.63) is 87.4 Å². The smallest absolute Gasteiger partial charge is 0.289 e. The van der Waals surface area contributed by atoms with E-state index in [-0.39, 0.29) is 11.5 Å². The number of ether oxygens (including phenoxy) is 1. The van der Waals surface area contributed by atoms with Gasteiger partial charge in [0.2, 0.25) is 11.6 Å². The first-order valence-corrected chi connectivity index (χ1v) is 10.5. The number of benzene rings is 2. The Labute approximate surface area is 182 Å². The maximum Gasteiger partial charge on any atom is 0.289 e. The molecule has 0 spiro atoms. The Morgan fingerprint density at radius 2 is 2.00 bits per heavy atom. The second-order valence-corrected chi connectivity index (χ2v) is 8.27. The van der Waals surface area contributed by atoms with Gasteiger partial charge >= 0.3 is 0 Å². The third kappa shape index (κ3) is 3.94. The van der Waals surface area contributed by atoms with Crippen molar-refractivity contribution in [2.45, 2.75) is 25.5 Å². The van der Waals surface area contributed by atoms with E-state index in [9.17, 15) is 13.6 Å². The van der Waals surface area contributed by atoms with Crippen LogP contribution in [0.1, 0.15) is 38.6 Å². The summed E-state index contributed by atoms with van der Waals surface area (Å²) in [5.74, 6) is -1.97. The van der Waals surface area contributed by atoms with Gasteiger partial charge in [-0.3, -0.25) is 4.79 Å². The quantitative estimate of drug-likeness (QED) is 0.622. The van der Waals surface area contributed by atoms with Crippen molar-refractivity contribution in [3.8, 4) is 0 Å². The molecule has 0 aliphatic carbocycles. The van der Waals surface area contributed by atoms with Crippen LogP contribution in [-0.2, 0) is 10.5 Å². The molecular formula is C22H20F2N4O2S. The molecule has 1 aromatic heterocycles. The summed E-state index contributed by atoms with van der Waals surface area (Å²) in [4.78, 5) is 18.0.